The Morgan fingerprint density at radius 2 is 2.32 bits per heavy atom. The number of anilines is 1. The second-order valence-electron chi connectivity index (χ2n) is 6.49. The molecule has 2 atom stereocenters. The highest BCUT2D eigenvalue weighted by Crippen LogP contribution is 2.40. The van der Waals surface area contributed by atoms with E-state index in [9.17, 15) is 19.5 Å². The monoisotopic (exact) mass is 480 g/mol. The minimum absolute atomic E-state index is 0.132. The summed E-state index contributed by atoms with van der Waals surface area (Å²) in [6.07, 6.45) is 1.82. The van der Waals surface area contributed by atoms with Crippen molar-refractivity contribution >= 4 is 63.1 Å². The van der Waals surface area contributed by atoms with Crippen LogP contribution < -0.4 is 20.7 Å². The van der Waals surface area contributed by atoms with E-state index in [1.54, 1.807) is 5.38 Å². The van der Waals surface area contributed by atoms with E-state index < -0.39 is 29.2 Å². The predicted octanol–water partition coefficient (Wildman–Crippen LogP) is -1.47. The molecular weight excluding hydrogens is 464 g/mol. The number of carboxylic acids is 1. The van der Waals surface area contributed by atoms with Gasteiger partial charge in [0.25, 0.3) is 11.8 Å². The zero-order valence-corrected chi connectivity index (χ0v) is 18.5. The number of nitrogens with zero attached hydrogens (tertiary/aromatic N) is 4. The van der Waals surface area contributed by atoms with Crippen LogP contribution in [0.15, 0.2) is 38.9 Å². The van der Waals surface area contributed by atoms with Gasteiger partial charge in [0.1, 0.15) is 24.2 Å². The number of carbonyl (C=O) groups excluding carboxylic acids is 3. The number of oxime groups is 1. The van der Waals surface area contributed by atoms with E-state index in [1.165, 1.54) is 35.1 Å². The number of hydrogen-bond donors (Lipinski definition) is 2. The lowest BCUT2D eigenvalue weighted by molar-refractivity contribution is -0.684. The number of nitrogen functional groups attached to an aromatic ring is 1. The van der Waals surface area contributed by atoms with E-state index in [-0.39, 0.29) is 22.2 Å². The SMILES string of the molecule is CO/N=C(\C(=O)N[C@@H]1C(=O)N2C(C(=O)[O-])=C(C[n+]3ccsc3)CS[C@H]12)c1csc(N)n1. The molecule has 0 bridgehead atoms. The molecule has 0 aliphatic carbocycles. The van der Waals surface area contributed by atoms with Crippen LogP contribution in [0.2, 0.25) is 0 Å². The third kappa shape index (κ3) is 4.00. The molecule has 4 heterocycles. The summed E-state index contributed by atoms with van der Waals surface area (Å²) in [4.78, 5) is 47.2. The maximum atomic E-state index is 12.8. The van der Waals surface area contributed by atoms with Crippen LogP contribution in [0.5, 0.6) is 0 Å². The molecule has 3 N–H and O–H groups in total. The molecule has 14 heteroatoms. The molecule has 162 valence electrons. The van der Waals surface area contributed by atoms with Crippen molar-refractivity contribution in [1.82, 2.24) is 15.2 Å². The summed E-state index contributed by atoms with van der Waals surface area (Å²) in [7, 11) is 1.28. The predicted molar refractivity (Wildman–Crippen MR) is 112 cm³/mol. The molecule has 11 nitrogen and oxygen atoms in total. The number of thioether (sulfide) groups is 1. The van der Waals surface area contributed by atoms with Gasteiger partial charge in [-0.1, -0.05) is 16.5 Å². The van der Waals surface area contributed by atoms with Gasteiger partial charge in [-0.2, -0.15) is 4.57 Å². The van der Waals surface area contributed by atoms with Crippen molar-refractivity contribution in [3.8, 4) is 0 Å². The lowest BCUT2D eigenvalue weighted by atomic mass is 10.0. The Hall–Kier alpha value is -2.97. The molecule has 4 rings (SSSR count). The van der Waals surface area contributed by atoms with Crippen LogP contribution in [-0.2, 0) is 25.8 Å². The van der Waals surface area contributed by atoms with Crippen LogP contribution in [0.1, 0.15) is 5.69 Å². The summed E-state index contributed by atoms with van der Waals surface area (Å²) in [6.45, 7) is 0.337. The smallest absolute Gasteiger partial charge is 0.276 e. The average Bonchev–Trinajstić information content (AvgIpc) is 3.41. The van der Waals surface area contributed by atoms with Crippen molar-refractivity contribution in [2.45, 2.75) is 18.0 Å². The Morgan fingerprint density at radius 3 is 2.94 bits per heavy atom. The maximum Gasteiger partial charge on any atom is 0.276 e. The number of carboxylic acid groups (broad SMARTS) is 1. The van der Waals surface area contributed by atoms with Crippen LogP contribution >= 0.6 is 34.4 Å². The highest BCUT2D eigenvalue weighted by molar-refractivity contribution is 8.00. The fourth-order valence-electron chi connectivity index (χ4n) is 3.27. The lowest BCUT2D eigenvalue weighted by Crippen LogP contribution is -2.71. The number of amides is 2. The van der Waals surface area contributed by atoms with Crippen LogP contribution in [0.3, 0.4) is 0 Å². The van der Waals surface area contributed by atoms with E-state index in [1.807, 2.05) is 21.7 Å². The number of hydrogen-bond acceptors (Lipinski definition) is 11. The number of thiazole rings is 2. The molecule has 31 heavy (non-hydrogen) atoms. The van der Waals surface area contributed by atoms with Crippen molar-refractivity contribution in [1.29, 1.82) is 0 Å². The molecule has 0 saturated carbocycles. The molecule has 1 saturated heterocycles. The minimum atomic E-state index is -1.42. The Morgan fingerprint density at radius 1 is 1.52 bits per heavy atom. The van der Waals surface area contributed by atoms with E-state index in [4.69, 9.17) is 10.6 Å². The van der Waals surface area contributed by atoms with Gasteiger partial charge in [0.15, 0.2) is 23.6 Å². The van der Waals surface area contributed by atoms with Gasteiger partial charge >= 0.3 is 0 Å². The number of carbonyl (C=O) groups is 3. The van der Waals surface area contributed by atoms with Gasteiger partial charge < -0.3 is 25.8 Å². The first-order valence-corrected chi connectivity index (χ1v) is 11.7. The summed E-state index contributed by atoms with van der Waals surface area (Å²) in [6, 6.07) is -0.916. The first kappa shape index (κ1) is 21.3. The fraction of sp³-hybridized carbons (Fsp3) is 0.294. The van der Waals surface area contributed by atoms with Crippen molar-refractivity contribution < 1.29 is 28.9 Å². The highest BCUT2D eigenvalue weighted by atomic mass is 32.2. The quantitative estimate of drug-likeness (QED) is 0.211. The van der Waals surface area contributed by atoms with Crippen molar-refractivity contribution in [3.05, 3.63) is 39.4 Å². The summed E-state index contributed by atoms with van der Waals surface area (Å²) < 4.78 is 1.83. The Bertz CT molecular complexity index is 1100. The van der Waals surface area contributed by atoms with Crippen LogP contribution in [0, 0.1) is 0 Å². The molecule has 1 fully saturated rings. The zero-order chi connectivity index (χ0) is 22.1. The van der Waals surface area contributed by atoms with Gasteiger partial charge in [0.05, 0.1) is 17.0 Å². The molecule has 2 aliphatic rings. The number of β-lactam (4-membered cyclic amide) rings is 1. The Labute approximate surface area is 188 Å². The summed E-state index contributed by atoms with van der Waals surface area (Å²) in [5.74, 6) is -2.25. The van der Waals surface area contributed by atoms with Gasteiger partial charge in [0, 0.05) is 16.7 Å². The number of nitrogens with one attached hydrogen (secondary N) is 1. The number of aromatic nitrogens is 2. The second-order valence-corrected chi connectivity index (χ2v) is 9.24. The first-order chi connectivity index (χ1) is 14.9. The number of aliphatic carboxylic acids is 1. The molecule has 0 unspecified atom stereocenters. The normalized spacial score (nSPS) is 20.9. The molecule has 2 aromatic heterocycles. The van der Waals surface area contributed by atoms with Gasteiger partial charge in [-0.25, -0.2) is 4.98 Å². The third-order valence-electron chi connectivity index (χ3n) is 4.59. The second kappa shape index (κ2) is 8.64. The third-order valence-corrected chi connectivity index (χ3v) is 7.27. The van der Waals surface area contributed by atoms with E-state index >= 15 is 0 Å². The Kier molecular flexibility index (Phi) is 5.93. The largest absolute Gasteiger partial charge is 0.543 e. The van der Waals surface area contributed by atoms with Gasteiger partial charge in [-0.3, -0.25) is 14.5 Å². The van der Waals surface area contributed by atoms with E-state index in [0.29, 0.717) is 17.9 Å². The average molecular weight is 481 g/mol. The maximum absolute atomic E-state index is 12.8. The number of rotatable bonds is 7. The van der Waals surface area contributed by atoms with Crippen molar-refractivity contribution in [2.24, 2.45) is 5.16 Å². The van der Waals surface area contributed by atoms with Crippen molar-refractivity contribution in [2.75, 3.05) is 18.6 Å². The highest BCUT2D eigenvalue weighted by Gasteiger charge is 2.53. The van der Waals surface area contributed by atoms with Gasteiger partial charge in [0.2, 0.25) is 5.51 Å². The molecule has 0 aromatic carbocycles. The molecule has 2 aliphatic heterocycles. The van der Waals surface area contributed by atoms with Gasteiger partial charge in [-0.05, 0) is 0 Å². The Balaban J connectivity index is 1.53. The molecule has 0 spiro atoms. The first-order valence-electron chi connectivity index (χ1n) is 8.83. The number of nitrogens with two attached hydrogens (primary N) is 1. The van der Waals surface area contributed by atoms with E-state index in [0.717, 1.165) is 11.3 Å². The zero-order valence-electron chi connectivity index (χ0n) is 16.0. The standard InChI is InChI=1S/C17H16N6O5S3/c1-28-21-10(9-6-31-17(18)19-9)13(24)20-11-14(25)23-12(16(26)27)8(5-30-15(11)23)4-22-2-3-29-7-22/h2-3,6-7,11,15H,4-5H2,1H3,(H3-,18,19,20,24,26,27)/b21-10-/t11-,15-/m1/s1. The van der Waals surface area contributed by atoms with Crippen LogP contribution in [0.25, 0.3) is 0 Å². The van der Waals surface area contributed by atoms with Crippen LogP contribution in [-0.4, -0.2) is 57.7 Å². The lowest BCUT2D eigenvalue weighted by Gasteiger charge is -2.50. The molecular formula is C17H16N6O5S3. The topological polar surface area (TPSA) is 154 Å². The summed E-state index contributed by atoms with van der Waals surface area (Å²) in [5.41, 5.74) is 7.97. The van der Waals surface area contributed by atoms with Crippen molar-refractivity contribution in [3.63, 3.8) is 0 Å². The van der Waals surface area contributed by atoms with Gasteiger partial charge in [-0.15, -0.1) is 23.1 Å². The minimum Gasteiger partial charge on any atom is -0.543 e. The van der Waals surface area contributed by atoms with Crippen LogP contribution in [0.4, 0.5) is 5.13 Å². The fourth-order valence-corrected chi connectivity index (χ4v) is 5.75. The molecule has 0 radical (unpaired) electrons. The van der Waals surface area contributed by atoms with E-state index in [2.05, 4.69) is 15.5 Å². The number of fused-ring (bicyclic) bond motifs is 1. The summed E-state index contributed by atoms with van der Waals surface area (Å²) >= 11 is 3.98. The molecule has 2 amide bonds. The molecule has 2 aromatic rings. The summed E-state index contributed by atoms with van der Waals surface area (Å²) in [5, 5.41) is 21.2.